The van der Waals surface area contributed by atoms with Gasteiger partial charge in [-0.25, -0.2) is 0 Å². The summed E-state index contributed by atoms with van der Waals surface area (Å²) in [5.41, 5.74) is 1.54. The van der Waals surface area contributed by atoms with Crippen molar-refractivity contribution < 1.29 is 14.4 Å². The van der Waals surface area contributed by atoms with E-state index in [1.807, 2.05) is 29.6 Å². The molecule has 0 saturated carbocycles. The SMILES string of the molecule is CC(=O)NC(CC(=O)Nc1ccc(CC(=O)N(C)C)cc1)c1cccs1. The molecule has 138 valence electrons. The molecule has 2 N–H and O–H groups in total. The average molecular weight is 373 g/mol. The smallest absolute Gasteiger partial charge is 0.226 e. The van der Waals surface area contributed by atoms with Crippen LogP contribution in [0.5, 0.6) is 0 Å². The molecule has 1 aromatic carbocycles. The van der Waals surface area contributed by atoms with Gasteiger partial charge in [0.1, 0.15) is 0 Å². The van der Waals surface area contributed by atoms with Crippen LogP contribution in [0.25, 0.3) is 0 Å². The molecule has 1 aromatic heterocycles. The molecule has 2 aromatic rings. The van der Waals surface area contributed by atoms with Gasteiger partial charge in [-0.2, -0.15) is 0 Å². The number of anilines is 1. The van der Waals surface area contributed by atoms with Crippen LogP contribution >= 0.6 is 11.3 Å². The number of likely N-dealkylation sites (N-methyl/N-ethyl adjacent to an activating group) is 1. The van der Waals surface area contributed by atoms with E-state index in [2.05, 4.69) is 10.6 Å². The Morgan fingerprint density at radius 1 is 1.12 bits per heavy atom. The van der Waals surface area contributed by atoms with Crippen molar-refractivity contribution in [2.75, 3.05) is 19.4 Å². The van der Waals surface area contributed by atoms with Crippen molar-refractivity contribution in [3.63, 3.8) is 0 Å². The summed E-state index contributed by atoms with van der Waals surface area (Å²) in [7, 11) is 3.44. The number of hydrogen-bond donors (Lipinski definition) is 2. The van der Waals surface area contributed by atoms with Crippen molar-refractivity contribution in [2.45, 2.75) is 25.8 Å². The van der Waals surface area contributed by atoms with Crippen molar-refractivity contribution in [2.24, 2.45) is 0 Å². The van der Waals surface area contributed by atoms with Crippen molar-refractivity contribution in [1.29, 1.82) is 0 Å². The summed E-state index contributed by atoms with van der Waals surface area (Å²) in [4.78, 5) is 37.9. The standard InChI is InChI=1S/C19H23N3O3S/c1-13(23)20-16(17-5-4-10-26-17)12-18(24)21-15-8-6-14(7-9-15)11-19(25)22(2)3/h4-10,16H,11-12H2,1-3H3,(H,20,23)(H,21,24). The molecule has 0 aliphatic heterocycles. The molecule has 0 spiro atoms. The maximum Gasteiger partial charge on any atom is 0.226 e. The van der Waals surface area contributed by atoms with Gasteiger partial charge < -0.3 is 15.5 Å². The number of nitrogens with one attached hydrogen (secondary N) is 2. The molecule has 6 nitrogen and oxygen atoms in total. The molecular weight excluding hydrogens is 350 g/mol. The lowest BCUT2D eigenvalue weighted by Crippen LogP contribution is -2.29. The van der Waals surface area contributed by atoms with Gasteiger partial charge in [-0.1, -0.05) is 18.2 Å². The zero-order valence-corrected chi connectivity index (χ0v) is 15.9. The second-order valence-electron chi connectivity index (χ2n) is 6.18. The lowest BCUT2D eigenvalue weighted by Gasteiger charge is -2.16. The third kappa shape index (κ3) is 6.00. The van der Waals surface area contributed by atoms with E-state index >= 15 is 0 Å². The van der Waals surface area contributed by atoms with Crippen LogP contribution in [0.3, 0.4) is 0 Å². The number of benzene rings is 1. The number of nitrogens with zero attached hydrogens (tertiary/aromatic N) is 1. The van der Waals surface area contributed by atoms with Crippen LogP contribution < -0.4 is 10.6 Å². The molecule has 1 heterocycles. The van der Waals surface area contributed by atoms with Crippen molar-refractivity contribution in [3.05, 3.63) is 52.2 Å². The quantitative estimate of drug-likeness (QED) is 0.783. The highest BCUT2D eigenvalue weighted by molar-refractivity contribution is 7.10. The van der Waals surface area contributed by atoms with Gasteiger partial charge in [0, 0.05) is 31.6 Å². The summed E-state index contributed by atoms with van der Waals surface area (Å²) >= 11 is 1.50. The molecule has 0 aliphatic rings. The van der Waals surface area contributed by atoms with Crippen LogP contribution in [0.4, 0.5) is 5.69 Å². The highest BCUT2D eigenvalue weighted by Gasteiger charge is 2.18. The van der Waals surface area contributed by atoms with Gasteiger partial charge in [0.15, 0.2) is 0 Å². The molecule has 3 amide bonds. The minimum absolute atomic E-state index is 0.0240. The number of hydrogen-bond acceptors (Lipinski definition) is 4. The summed E-state index contributed by atoms with van der Waals surface area (Å²) in [6, 6.07) is 10.6. The molecule has 0 radical (unpaired) electrons. The molecular formula is C19H23N3O3S. The van der Waals surface area contributed by atoms with Crippen LogP contribution in [0.1, 0.15) is 29.8 Å². The van der Waals surface area contributed by atoms with E-state index in [9.17, 15) is 14.4 Å². The first-order chi connectivity index (χ1) is 12.3. The van der Waals surface area contributed by atoms with Gasteiger partial charge in [-0.15, -0.1) is 11.3 Å². The number of carbonyl (C=O) groups excluding carboxylic acids is 3. The van der Waals surface area contributed by atoms with Crippen LogP contribution in [-0.2, 0) is 20.8 Å². The fourth-order valence-electron chi connectivity index (χ4n) is 2.39. The molecule has 1 atom stereocenters. The number of rotatable bonds is 7. The fraction of sp³-hybridized carbons (Fsp3) is 0.316. The monoisotopic (exact) mass is 373 g/mol. The van der Waals surface area contributed by atoms with E-state index in [4.69, 9.17) is 0 Å². The first-order valence-corrected chi connectivity index (χ1v) is 9.12. The Bertz CT molecular complexity index is 755. The molecule has 26 heavy (non-hydrogen) atoms. The summed E-state index contributed by atoms with van der Waals surface area (Å²) in [5, 5.41) is 7.55. The molecule has 7 heteroatoms. The molecule has 0 aliphatic carbocycles. The Hall–Kier alpha value is -2.67. The highest BCUT2D eigenvalue weighted by atomic mass is 32.1. The van der Waals surface area contributed by atoms with E-state index in [0.717, 1.165) is 10.4 Å². The Kier molecular flexibility index (Phi) is 6.91. The average Bonchev–Trinajstić information content (AvgIpc) is 3.10. The molecule has 0 bridgehead atoms. The third-order valence-electron chi connectivity index (χ3n) is 3.75. The van der Waals surface area contributed by atoms with E-state index in [1.54, 1.807) is 31.1 Å². The predicted molar refractivity (Wildman–Crippen MR) is 103 cm³/mol. The van der Waals surface area contributed by atoms with Crippen molar-refractivity contribution in [1.82, 2.24) is 10.2 Å². The Morgan fingerprint density at radius 3 is 2.35 bits per heavy atom. The summed E-state index contributed by atoms with van der Waals surface area (Å²) in [5.74, 6) is -0.337. The molecule has 1 unspecified atom stereocenters. The van der Waals surface area contributed by atoms with E-state index in [-0.39, 0.29) is 30.2 Å². The minimum atomic E-state index is -0.343. The second kappa shape index (κ2) is 9.15. The Labute approximate surface area is 157 Å². The zero-order valence-electron chi connectivity index (χ0n) is 15.1. The van der Waals surface area contributed by atoms with Gasteiger partial charge >= 0.3 is 0 Å². The summed E-state index contributed by atoms with van der Waals surface area (Å²) in [6.45, 7) is 1.44. The van der Waals surface area contributed by atoms with Crippen LogP contribution in [0, 0.1) is 0 Å². The fourth-order valence-corrected chi connectivity index (χ4v) is 3.17. The summed E-state index contributed by atoms with van der Waals surface area (Å²) in [6.07, 6.45) is 0.477. The topological polar surface area (TPSA) is 78.5 Å². The first-order valence-electron chi connectivity index (χ1n) is 8.24. The number of amides is 3. The van der Waals surface area contributed by atoms with Gasteiger partial charge in [-0.3, -0.25) is 14.4 Å². The Morgan fingerprint density at radius 2 is 1.81 bits per heavy atom. The number of carbonyl (C=O) groups is 3. The van der Waals surface area contributed by atoms with Crippen LogP contribution in [0.15, 0.2) is 41.8 Å². The van der Waals surface area contributed by atoms with Gasteiger partial charge in [0.25, 0.3) is 0 Å². The first kappa shape index (κ1) is 19.7. The molecule has 0 fully saturated rings. The van der Waals surface area contributed by atoms with E-state index in [1.165, 1.54) is 18.3 Å². The van der Waals surface area contributed by atoms with E-state index in [0.29, 0.717) is 12.1 Å². The van der Waals surface area contributed by atoms with Gasteiger partial charge in [0.2, 0.25) is 17.7 Å². The predicted octanol–water partition coefficient (Wildman–Crippen LogP) is 2.58. The highest BCUT2D eigenvalue weighted by Crippen LogP contribution is 2.23. The Balaban J connectivity index is 1.95. The molecule has 0 saturated heterocycles. The van der Waals surface area contributed by atoms with Gasteiger partial charge in [0.05, 0.1) is 18.9 Å². The minimum Gasteiger partial charge on any atom is -0.349 e. The third-order valence-corrected chi connectivity index (χ3v) is 4.73. The maximum atomic E-state index is 12.3. The van der Waals surface area contributed by atoms with E-state index < -0.39 is 0 Å². The van der Waals surface area contributed by atoms with Gasteiger partial charge in [-0.05, 0) is 29.1 Å². The lowest BCUT2D eigenvalue weighted by atomic mass is 10.1. The zero-order chi connectivity index (χ0) is 19.1. The number of thiophene rings is 1. The van der Waals surface area contributed by atoms with Crippen molar-refractivity contribution >= 4 is 34.7 Å². The summed E-state index contributed by atoms with van der Waals surface area (Å²) < 4.78 is 0. The normalized spacial score (nSPS) is 11.5. The maximum absolute atomic E-state index is 12.3. The van der Waals surface area contributed by atoms with Crippen LogP contribution in [0.2, 0.25) is 0 Å². The van der Waals surface area contributed by atoms with Crippen LogP contribution in [-0.4, -0.2) is 36.7 Å². The molecule has 2 rings (SSSR count). The van der Waals surface area contributed by atoms with Crippen molar-refractivity contribution in [3.8, 4) is 0 Å². The largest absolute Gasteiger partial charge is 0.349 e. The lowest BCUT2D eigenvalue weighted by molar-refractivity contribution is -0.128. The second-order valence-corrected chi connectivity index (χ2v) is 7.16.